The normalized spacial score (nSPS) is 19.3. The molecule has 1 amide bonds. The van der Waals surface area contributed by atoms with Crippen LogP contribution in [0.15, 0.2) is 61.7 Å². The second-order valence-corrected chi connectivity index (χ2v) is 13.1. The van der Waals surface area contributed by atoms with Crippen molar-refractivity contribution in [2.45, 2.75) is 38.4 Å². The summed E-state index contributed by atoms with van der Waals surface area (Å²) in [5.74, 6) is 1.12. The maximum Gasteiger partial charge on any atom is 0.243 e. The van der Waals surface area contributed by atoms with Crippen LogP contribution in [-0.2, 0) is 14.6 Å². The minimum Gasteiger partial charge on any atom is -0.348 e. The van der Waals surface area contributed by atoms with Crippen molar-refractivity contribution in [3.8, 4) is 0 Å². The van der Waals surface area contributed by atoms with E-state index in [0.717, 1.165) is 12.0 Å². The standard InChI is InChI=1S/C28H33N9O3S/c1-4-23(38)31-21-10-11-35(13-21)28-33-26(24-27(34-28)36(17-29-24)18(2)3)32-22-12-30-37(14-22)25(19-8-6-5-7-9-19)20-15-41(39,40)16-20/h4-9,12,14,17-18,20-21,25H,1,10-11,13,15-16H2,2-3H3,(H,31,38)(H,32,33,34)/t21-,25+/m0/s1. The number of anilines is 3. The lowest BCUT2D eigenvalue weighted by atomic mass is 9.95. The Morgan fingerprint density at radius 2 is 1.95 bits per heavy atom. The summed E-state index contributed by atoms with van der Waals surface area (Å²) >= 11 is 0. The quantitative estimate of drug-likeness (QED) is 0.288. The highest BCUT2D eigenvalue weighted by Gasteiger charge is 2.41. The van der Waals surface area contributed by atoms with Gasteiger partial charge in [-0.2, -0.15) is 15.1 Å². The predicted octanol–water partition coefficient (Wildman–Crippen LogP) is 2.86. The lowest BCUT2D eigenvalue weighted by Gasteiger charge is -2.33. The van der Waals surface area contributed by atoms with Gasteiger partial charge >= 0.3 is 0 Å². The molecular formula is C28H33N9O3S. The molecule has 5 heterocycles. The summed E-state index contributed by atoms with van der Waals surface area (Å²) in [6.45, 7) is 8.96. The van der Waals surface area contributed by atoms with Crippen molar-refractivity contribution in [1.29, 1.82) is 0 Å². The molecule has 2 saturated heterocycles. The van der Waals surface area contributed by atoms with Crippen LogP contribution in [0.5, 0.6) is 0 Å². The molecule has 4 aromatic rings. The molecule has 2 fully saturated rings. The van der Waals surface area contributed by atoms with Crippen LogP contribution in [0.4, 0.5) is 17.5 Å². The number of nitrogens with one attached hydrogen (secondary N) is 2. The van der Waals surface area contributed by atoms with Crippen LogP contribution < -0.4 is 15.5 Å². The van der Waals surface area contributed by atoms with Crippen molar-refractivity contribution in [2.24, 2.45) is 5.92 Å². The number of hydrogen-bond acceptors (Lipinski definition) is 9. The summed E-state index contributed by atoms with van der Waals surface area (Å²) in [7, 11) is -3.00. The zero-order valence-electron chi connectivity index (χ0n) is 23.0. The molecular weight excluding hydrogens is 542 g/mol. The number of rotatable bonds is 9. The Labute approximate surface area is 238 Å². The van der Waals surface area contributed by atoms with Crippen molar-refractivity contribution in [2.75, 3.05) is 34.8 Å². The van der Waals surface area contributed by atoms with Gasteiger partial charge in [-0.1, -0.05) is 36.9 Å². The van der Waals surface area contributed by atoms with Crippen LogP contribution in [0.25, 0.3) is 11.2 Å². The van der Waals surface area contributed by atoms with Gasteiger partial charge in [-0.05, 0) is 31.9 Å². The molecule has 1 aromatic carbocycles. The van der Waals surface area contributed by atoms with E-state index in [1.54, 1.807) is 12.5 Å². The molecule has 6 rings (SSSR count). The number of benzene rings is 1. The smallest absolute Gasteiger partial charge is 0.243 e. The average Bonchev–Trinajstić information content (AvgIpc) is 3.68. The largest absolute Gasteiger partial charge is 0.348 e. The fraction of sp³-hybridized carbons (Fsp3) is 0.393. The number of sulfone groups is 1. The summed E-state index contributed by atoms with van der Waals surface area (Å²) in [4.78, 5) is 28.2. The van der Waals surface area contributed by atoms with E-state index >= 15 is 0 Å². The van der Waals surface area contributed by atoms with Gasteiger partial charge < -0.3 is 20.1 Å². The molecule has 0 saturated carbocycles. The third kappa shape index (κ3) is 5.41. The Bertz CT molecular complexity index is 1690. The minimum absolute atomic E-state index is 0.0188. The van der Waals surface area contributed by atoms with E-state index in [1.807, 2.05) is 45.8 Å². The average molecular weight is 576 g/mol. The summed E-state index contributed by atoms with van der Waals surface area (Å²) in [5.41, 5.74) is 3.06. The minimum atomic E-state index is -3.00. The maximum atomic E-state index is 12.0. The summed E-state index contributed by atoms with van der Waals surface area (Å²) in [6, 6.07) is 9.77. The monoisotopic (exact) mass is 575 g/mol. The lowest BCUT2D eigenvalue weighted by molar-refractivity contribution is -0.117. The molecule has 12 nitrogen and oxygen atoms in total. The lowest BCUT2D eigenvalue weighted by Crippen LogP contribution is -2.42. The van der Waals surface area contributed by atoms with Gasteiger partial charge in [-0.15, -0.1) is 0 Å². The van der Waals surface area contributed by atoms with Crippen LogP contribution in [0.2, 0.25) is 0 Å². The molecule has 3 aromatic heterocycles. The van der Waals surface area contributed by atoms with Crippen LogP contribution >= 0.6 is 0 Å². The number of amides is 1. The Morgan fingerprint density at radius 3 is 2.66 bits per heavy atom. The molecule has 0 spiro atoms. The van der Waals surface area contributed by atoms with E-state index in [-0.39, 0.29) is 41.5 Å². The van der Waals surface area contributed by atoms with E-state index in [0.29, 0.717) is 41.7 Å². The SMILES string of the molecule is C=CC(=O)N[C@H]1CCN(c2nc(Nc3cnn([C@H](c4ccccc4)C4CS(=O)(=O)C4)c3)c3ncn(C(C)C)c3n2)C1. The number of carbonyl (C=O) groups is 1. The predicted molar refractivity (Wildman–Crippen MR) is 157 cm³/mol. The Balaban J connectivity index is 1.31. The third-order valence-corrected chi connectivity index (χ3v) is 9.51. The van der Waals surface area contributed by atoms with Crippen molar-refractivity contribution in [3.05, 3.63) is 67.3 Å². The second-order valence-electron chi connectivity index (χ2n) is 11.0. The second kappa shape index (κ2) is 10.6. The molecule has 2 aliphatic rings. The molecule has 0 radical (unpaired) electrons. The molecule has 0 unspecified atom stereocenters. The number of hydrogen-bond donors (Lipinski definition) is 2. The number of nitrogens with zero attached hydrogens (tertiary/aromatic N) is 7. The molecule has 2 atom stereocenters. The van der Waals surface area contributed by atoms with Gasteiger partial charge in [0.15, 0.2) is 26.8 Å². The highest BCUT2D eigenvalue weighted by molar-refractivity contribution is 7.92. The first-order valence-corrected chi connectivity index (χ1v) is 15.5. The zero-order valence-corrected chi connectivity index (χ0v) is 23.8. The van der Waals surface area contributed by atoms with Gasteiger partial charge in [0.05, 0.1) is 35.8 Å². The van der Waals surface area contributed by atoms with Crippen LogP contribution in [0, 0.1) is 5.92 Å². The molecule has 41 heavy (non-hydrogen) atoms. The van der Waals surface area contributed by atoms with Gasteiger partial charge in [0.2, 0.25) is 11.9 Å². The Kier molecular flexibility index (Phi) is 6.98. The van der Waals surface area contributed by atoms with Crippen molar-refractivity contribution < 1.29 is 13.2 Å². The number of fused-ring (bicyclic) bond motifs is 1. The molecule has 13 heteroatoms. The first kappa shape index (κ1) is 26.9. The van der Waals surface area contributed by atoms with Gasteiger partial charge in [-0.25, -0.2) is 13.4 Å². The van der Waals surface area contributed by atoms with Crippen molar-refractivity contribution in [3.63, 3.8) is 0 Å². The highest BCUT2D eigenvalue weighted by atomic mass is 32.2. The number of imidazole rings is 1. The summed E-state index contributed by atoms with van der Waals surface area (Å²) in [5, 5.41) is 11.0. The molecule has 2 aliphatic heterocycles. The fourth-order valence-corrected chi connectivity index (χ4v) is 7.17. The van der Waals surface area contributed by atoms with Crippen molar-refractivity contribution in [1.82, 2.24) is 34.6 Å². The van der Waals surface area contributed by atoms with E-state index in [1.165, 1.54) is 6.08 Å². The summed E-state index contributed by atoms with van der Waals surface area (Å²) in [6.07, 6.45) is 7.42. The molecule has 0 aliphatic carbocycles. The zero-order chi connectivity index (χ0) is 28.7. The van der Waals surface area contributed by atoms with Gasteiger partial charge in [-0.3, -0.25) is 9.48 Å². The Hall–Kier alpha value is -4.26. The summed E-state index contributed by atoms with van der Waals surface area (Å²) < 4.78 is 27.9. The highest BCUT2D eigenvalue weighted by Crippen LogP contribution is 2.36. The van der Waals surface area contributed by atoms with E-state index < -0.39 is 9.84 Å². The van der Waals surface area contributed by atoms with Crippen LogP contribution in [0.1, 0.15) is 37.9 Å². The Morgan fingerprint density at radius 1 is 1.17 bits per heavy atom. The molecule has 214 valence electrons. The first-order valence-electron chi connectivity index (χ1n) is 13.7. The molecule has 0 bridgehead atoms. The van der Waals surface area contributed by atoms with E-state index in [9.17, 15) is 13.2 Å². The van der Waals surface area contributed by atoms with Crippen molar-refractivity contribution >= 4 is 44.4 Å². The van der Waals surface area contributed by atoms with Gasteiger partial charge in [0.1, 0.15) is 0 Å². The topological polar surface area (TPSA) is 140 Å². The van der Waals surface area contributed by atoms with E-state index in [2.05, 4.69) is 46.0 Å². The van der Waals surface area contributed by atoms with Gasteiger partial charge in [0, 0.05) is 37.3 Å². The first-order chi connectivity index (χ1) is 19.7. The number of carbonyl (C=O) groups excluding carboxylic acids is 1. The van der Waals surface area contributed by atoms with Gasteiger partial charge in [0.25, 0.3) is 0 Å². The molecule has 2 N–H and O–H groups in total. The third-order valence-electron chi connectivity index (χ3n) is 7.64. The maximum absolute atomic E-state index is 12.0. The van der Waals surface area contributed by atoms with E-state index in [4.69, 9.17) is 9.97 Å². The van der Waals surface area contributed by atoms with Crippen LogP contribution in [0.3, 0.4) is 0 Å². The number of aromatic nitrogens is 6. The fourth-order valence-electron chi connectivity index (χ4n) is 5.60. The van der Waals surface area contributed by atoms with Crippen LogP contribution in [-0.4, -0.2) is 74.3 Å².